The van der Waals surface area contributed by atoms with Gasteiger partial charge in [-0.3, -0.25) is 9.89 Å². The maximum absolute atomic E-state index is 12.7. The van der Waals surface area contributed by atoms with Crippen LogP contribution in [0.5, 0.6) is 0 Å². The molecule has 0 radical (unpaired) electrons. The number of nitrogens with zero attached hydrogens (tertiary/aromatic N) is 1. The van der Waals surface area contributed by atoms with Gasteiger partial charge in [-0.2, -0.15) is 5.10 Å². The van der Waals surface area contributed by atoms with Gasteiger partial charge in [-0.05, 0) is 29.9 Å². The molecule has 0 bridgehead atoms. The van der Waals surface area contributed by atoms with Crippen LogP contribution in [-0.2, 0) is 0 Å². The Bertz CT molecular complexity index is 761. The Morgan fingerprint density at radius 1 is 1.32 bits per heavy atom. The number of hydrogen-bond donors (Lipinski definition) is 2. The lowest BCUT2D eigenvalue weighted by Gasteiger charge is -2.19. The molecule has 2 heterocycles. The molecule has 1 aromatic carbocycles. The zero-order valence-corrected chi connectivity index (χ0v) is 13.5. The molecule has 3 aromatic rings. The molecule has 0 spiro atoms. The van der Waals surface area contributed by atoms with E-state index >= 15 is 0 Å². The van der Waals surface area contributed by atoms with E-state index in [1.54, 1.807) is 17.5 Å². The van der Waals surface area contributed by atoms with Crippen molar-refractivity contribution in [3.8, 4) is 0 Å². The summed E-state index contributed by atoms with van der Waals surface area (Å²) in [5, 5.41) is 13.1. The fourth-order valence-electron chi connectivity index (χ4n) is 2.60. The third-order valence-electron chi connectivity index (χ3n) is 3.62. The summed E-state index contributed by atoms with van der Waals surface area (Å²) in [6.07, 6.45) is 2.65. The Kier molecular flexibility index (Phi) is 4.24. The molecule has 114 valence electrons. The number of carbonyl (C=O) groups is 1. The molecule has 2 N–H and O–H groups in total. The first-order valence-electron chi connectivity index (χ1n) is 7.41. The van der Waals surface area contributed by atoms with Crippen LogP contribution in [0.15, 0.2) is 41.9 Å². The van der Waals surface area contributed by atoms with Gasteiger partial charge in [0.05, 0.1) is 23.3 Å². The van der Waals surface area contributed by atoms with E-state index in [0.29, 0.717) is 11.5 Å². The van der Waals surface area contributed by atoms with Crippen molar-refractivity contribution in [2.45, 2.75) is 26.3 Å². The molecule has 0 saturated heterocycles. The van der Waals surface area contributed by atoms with Crippen molar-refractivity contribution in [1.29, 1.82) is 0 Å². The first-order chi connectivity index (χ1) is 10.6. The van der Waals surface area contributed by atoms with Gasteiger partial charge in [-0.25, -0.2) is 0 Å². The summed E-state index contributed by atoms with van der Waals surface area (Å²) in [6, 6.07) is 9.81. The van der Waals surface area contributed by atoms with E-state index in [-0.39, 0.29) is 11.9 Å². The monoisotopic (exact) mass is 313 g/mol. The molecule has 22 heavy (non-hydrogen) atoms. The van der Waals surface area contributed by atoms with E-state index in [9.17, 15) is 4.79 Å². The number of H-pyrrole nitrogens is 1. The van der Waals surface area contributed by atoms with Crippen LogP contribution >= 0.6 is 11.3 Å². The van der Waals surface area contributed by atoms with Crippen molar-refractivity contribution < 1.29 is 4.79 Å². The number of nitrogens with one attached hydrogen (secondary N) is 2. The fourth-order valence-corrected chi connectivity index (χ4v) is 3.39. The van der Waals surface area contributed by atoms with E-state index in [2.05, 4.69) is 35.4 Å². The number of benzene rings is 1. The molecule has 0 fully saturated rings. The van der Waals surface area contributed by atoms with Crippen LogP contribution in [0.1, 0.15) is 41.5 Å². The number of aromatic amines is 1. The molecule has 0 aliphatic carbocycles. The Hall–Kier alpha value is -2.14. The molecule has 1 unspecified atom stereocenters. The Balaban J connectivity index is 1.86. The standard InChI is InChI=1S/C17H19N3OS/c1-11(2)9-14(15-7-4-8-22-15)19-17(21)13-6-3-5-12-10-18-20-16(12)13/h3-8,10-11,14H,9H2,1-2H3,(H,18,20)(H,19,21). The van der Waals surface area contributed by atoms with Gasteiger partial charge in [-0.15, -0.1) is 11.3 Å². The predicted octanol–water partition coefficient (Wildman–Crippen LogP) is 4.14. The smallest absolute Gasteiger partial charge is 0.253 e. The molecule has 0 saturated carbocycles. The number of thiophene rings is 1. The van der Waals surface area contributed by atoms with Crippen LogP contribution in [0.2, 0.25) is 0 Å². The summed E-state index contributed by atoms with van der Waals surface area (Å²) in [5.74, 6) is 0.448. The molecule has 5 heteroatoms. The normalized spacial score (nSPS) is 12.7. The van der Waals surface area contributed by atoms with E-state index in [4.69, 9.17) is 0 Å². The van der Waals surface area contributed by atoms with Gasteiger partial charge in [0.2, 0.25) is 0 Å². The second-order valence-corrected chi connectivity index (χ2v) is 6.79. The maximum Gasteiger partial charge on any atom is 0.253 e. The highest BCUT2D eigenvalue weighted by atomic mass is 32.1. The molecule has 1 amide bonds. The third-order valence-corrected chi connectivity index (χ3v) is 4.61. The van der Waals surface area contributed by atoms with E-state index < -0.39 is 0 Å². The van der Waals surface area contributed by atoms with E-state index in [0.717, 1.165) is 17.3 Å². The molecular formula is C17H19N3OS. The first-order valence-corrected chi connectivity index (χ1v) is 8.29. The van der Waals surface area contributed by atoms with Crippen LogP contribution in [0.25, 0.3) is 10.9 Å². The highest BCUT2D eigenvalue weighted by molar-refractivity contribution is 7.10. The minimum atomic E-state index is -0.0612. The lowest BCUT2D eigenvalue weighted by Crippen LogP contribution is -2.29. The van der Waals surface area contributed by atoms with Gasteiger partial charge in [0.1, 0.15) is 0 Å². The van der Waals surface area contributed by atoms with Gasteiger partial charge in [0.25, 0.3) is 5.91 Å². The number of rotatable bonds is 5. The molecule has 1 atom stereocenters. The topological polar surface area (TPSA) is 57.8 Å². The number of para-hydroxylation sites is 1. The largest absolute Gasteiger partial charge is 0.344 e. The van der Waals surface area contributed by atoms with Crippen LogP contribution < -0.4 is 5.32 Å². The predicted molar refractivity (Wildman–Crippen MR) is 90.1 cm³/mol. The zero-order valence-electron chi connectivity index (χ0n) is 12.7. The van der Waals surface area contributed by atoms with Crippen molar-refractivity contribution in [3.05, 3.63) is 52.3 Å². The first kappa shape index (κ1) is 14.8. The number of hydrogen-bond acceptors (Lipinski definition) is 3. The summed E-state index contributed by atoms with van der Waals surface area (Å²) in [5.41, 5.74) is 1.43. The zero-order chi connectivity index (χ0) is 15.5. The van der Waals surface area contributed by atoms with E-state index in [1.165, 1.54) is 4.88 Å². The van der Waals surface area contributed by atoms with Gasteiger partial charge < -0.3 is 5.32 Å². The SMILES string of the molecule is CC(C)CC(NC(=O)c1cccc2cn[nH]c12)c1cccs1. The van der Waals surface area contributed by atoms with Gasteiger partial charge >= 0.3 is 0 Å². The van der Waals surface area contributed by atoms with Crippen molar-refractivity contribution in [2.75, 3.05) is 0 Å². The molecule has 3 rings (SSSR count). The van der Waals surface area contributed by atoms with Gasteiger partial charge in [0, 0.05) is 10.3 Å². The molecule has 0 aliphatic rings. The minimum absolute atomic E-state index is 0.0469. The van der Waals surface area contributed by atoms with Crippen LogP contribution in [-0.4, -0.2) is 16.1 Å². The Morgan fingerprint density at radius 2 is 2.18 bits per heavy atom. The van der Waals surface area contributed by atoms with Crippen molar-refractivity contribution in [2.24, 2.45) is 5.92 Å². The average molecular weight is 313 g/mol. The lowest BCUT2D eigenvalue weighted by atomic mass is 10.0. The second kappa shape index (κ2) is 6.32. The number of carbonyl (C=O) groups excluding carboxylic acids is 1. The summed E-state index contributed by atoms with van der Waals surface area (Å²) < 4.78 is 0. The number of aromatic nitrogens is 2. The van der Waals surface area contributed by atoms with Gasteiger partial charge in [0.15, 0.2) is 0 Å². The van der Waals surface area contributed by atoms with E-state index in [1.807, 2.05) is 29.6 Å². The summed E-state index contributed by atoms with van der Waals surface area (Å²) >= 11 is 1.68. The minimum Gasteiger partial charge on any atom is -0.344 e. The number of amides is 1. The molecular weight excluding hydrogens is 294 g/mol. The number of fused-ring (bicyclic) bond motifs is 1. The third kappa shape index (κ3) is 3.04. The average Bonchev–Trinajstić information content (AvgIpc) is 3.16. The second-order valence-electron chi connectivity index (χ2n) is 5.81. The lowest BCUT2D eigenvalue weighted by molar-refractivity contribution is 0.0934. The summed E-state index contributed by atoms with van der Waals surface area (Å²) in [7, 11) is 0. The van der Waals surface area contributed by atoms with Crippen LogP contribution in [0, 0.1) is 5.92 Å². The maximum atomic E-state index is 12.7. The molecule has 0 aliphatic heterocycles. The molecule has 4 nitrogen and oxygen atoms in total. The summed E-state index contributed by atoms with van der Waals surface area (Å²) in [6.45, 7) is 4.34. The van der Waals surface area contributed by atoms with Crippen molar-refractivity contribution in [3.63, 3.8) is 0 Å². The van der Waals surface area contributed by atoms with Gasteiger partial charge in [-0.1, -0.05) is 32.0 Å². The highest BCUT2D eigenvalue weighted by Crippen LogP contribution is 2.26. The Labute approximate surface area is 133 Å². The summed E-state index contributed by atoms with van der Waals surface area (Å²) in [4.78, 5) is 13.9. The fraction of sp³-hybridized carbons (Fsp3) is 0.294. The molecule has 2 aromatic heterocycles. The van der Waals surface area contributed by atoms with Crippen molar-refractivity contribution in [1.82, 2.24) is 15.5 Å². The quantitative estimate of drug-likeness (QED) is 0.743. The van der Waals surface area contributed by atoms with Crippen molar-refractivity contribution >= 4 is 28.1 Å². The Morgan fingerprint density at radius 3 is 2.91 bits per heavy atom. The highest BCUT2D eigenvalue weighted by Gasteiger charge is 2.19. The van der Waals surface area contributed by atoms with Crippen LogP contribution in [0.3, 0.4) is 0 Å². The van der Waals surface area contributed by atoms with Crippen LogP contribution in [0.4, 0.5) is 0 Å².